The van der Waals surface area contributed by atoms with Crippen LogP contribution in [0.25, 0.3) is 0 Å². The van der Waals surface area contributed by atoms with E-state index in [9.17, 15) is 13.2 Å². The lowest BCUT2D eigenvalue weighted by Crippen LogP contribution is -2.37. The van der Waals surface area contributed by atoms with Gasteiger partial charge in [-0.3, -0.25) is 4.79 Å². The Bertz CT molecular complexity index is 1250. The Labute approximate surface area is 201 Å². The summed E-state index contributed by atoms with van der Waals surface area (Å²) in [5.41, 5.74) is 4.07. The Morgan fingerprint density at radius 3 is 2.18 bits per heavy atom. The Morgan fingerprint density at radius 2 is 1.52 bits per heavy atom. The summed E-state index contributed by atoms with van der Waals surface area (Å²) in [6, 6.07) is 17.1. The highest BCUT2D eigenvalue weighted by Gasteiger charge is 2.31. The Hall–Kier alpha value is -2.83. The van der Waals surface area contributed by atoms with E-state index in [1.54, 1.807) is 13.0 Å². The van der Waals surface area contributed by atoms with Crippen LogP contribution in [0.3, 0.4) is 0 Å². The number of aryl methyl sites for hydroxylation is 4. The predicted octanol–water partition coefficient (Wildman–Crippen LogP) is 6.15. The van der Waals surface area contributed by atoms with Gasteiger partial charge in [0.05, 0.1) is 17.2 Å². The maximum absolute atomic E-state index is 13.5. The third kappa shape index (κ3) is 5.95. The number of hydrogen-bond acceptors (Lipinski definition) is 4. The van der Waals surface area contributed by atoms with Crippen LogP contribution in [0.15, 0.2) is 65.6 Å². The maximum Gasteiger partial charge on any atom is 0.270 e. The van der Waals surface area contributed by atoms with Crippen LogP contribution in [0.4, 0.5) is 5.69 Å². The quantitative estimate of drug-likeness (QED) is 0.359. The largest absolute Gasteiger partial charge is 0.493 e. The zero-order chi connectivity index (χ0) is 24.2. The lowest BCUT2D eigenvalue weighted by Gasteiger charge is -2.25. The lowest BCUT2D eigenvalue weighted by atomic mass is 10.1. The molecule has 0 N–H and O–H groups in total. The molecular formula is C26H28ClNO4S. The minimum atomic E-state index is -4.13. The van der Waals surface area contributed by atoms with E-state index in [-0.39, 0.29) is 11.3 Å². The summed E-state index contributed by atoms with van der Waals surface area (Å²) in [5, 5.41) is 0.419. The molecule has 0 aliphatic heterocycles. The molecule has 0 bridgehead atoms. The summed E-state index contributed by atoms with van der Waals surface area (Å²) >= 11 is 5.93. The normalized spacial score (nSPS) is 11.3. The second-order valence-corrected chi connectivity index (χ2v) is 10.4. The SMILES string of the molecule is Cc1ccc(OCCCC(=O)N(c2cc(C)ccc2C)S(=O)(=O)c2ccc(Cl)cc2)c(C)c1. The molecule has 0 heterocycles. The highest BCUT2D eigenvalue weighted by molar-refractivity contribution is 7.93. The smallest absolute Gasteiger partial charge is 0.270 e. The van der Waals surface area contributed by atoms with Crippen LogP contribution in [0, 0.1) is 27.7 Å². The number of hydrogen-bond donors (Lipinski definition) is 0. The van der Waals surface area contributed by atoms with E-state index in [2.05, 4.69) is 0 Å². The molecule has 3 rings (SSSR count). The molecule has 0 radical (unpaired) electrons. The van der Waals surface area contributed by atoms with Crippen molar-refractivity contribution in [3.8, 4) is 5.75 Å². The minimum Gasteiger partial charge on any atom is -0.493 e. The first-order valence-corrected chi connectivity index (χ1v) is 12.5. The van der Waals surface area contributed by atoms with Gasteiger partial charge in [0.25, 0.3) is 10.0 Å². The summed E-state index contributed by atoms with van der Waals surface area (Å²) in [6.45, 7) is 7.93. The van der Waals surface area contributed by atoms with Crippen molar-refractivity contribution in [2.24, 2.45) is 0 Å². The van der Waals surface area contributed by atoms with Crippen LogP contribution < -0.4 is 9.04 Å². The number of rotatable bonds is 8. The molecule has 3 aromatic carbocycles. The van der Waals surface area contributed by atoms with Crippen LogP contribution >= 0.6 is 11.6 Å². The topological polar surface area (TPSA) is 63.7 Å². The summed E-state index contributed by atoms with van der Waals surface area (Å²) in [6.07, 6.45) is 0.398. The average molecular weight is 486 g/mol. The van der Waals surface area contributed by atoms with E-state index in [0.717, 1.165) is 26.7 Å². The molecule has 0 aromatic heterocycles. The van der Waals surface area contributed by atoms with Gasteiger partial charge in [-0.25, -0.2) is 12.7 Å². The molecule has 0 atom stereocenters. The van der Waals surface area contributed by atoms with Gasteiger partial charge in [0, 0.05) is 11.4 Å². The molecule has 3 aromatic rings. The van der Waals surface area contributed by atoms with Gasteiger partial charge in [0.1, 0.15) is 5.75 Å². The molecule has 0 aliphatic rings. The molecule has 5 nitrogen and oxygen atoms in total. The molecule has 0 unspecified atom stereocenters. The Balaban J connectivity index is 1.83. The van der Waals surface area contributed by atoms with Crippen molar-refractivity contribution >= 4 is 33.2 Å². The van der Waals surface area contributed by atoms with Gasteiger partial charge in [0.2, 0.25) is 5.91 Å². The molecule has 174 valence electrons. The highest BCUT2D eigenvalue weighted by atomic mass is 35.5. The predicted molar refractivity (Wildman–Crippen MR) is 133 cm³/mol. The van der Waals surface area contributed by atoms with Crippen molar-refractivity contribution in [1.29, 1.82) is 0 Å². The fourth-order valence-electron chi connectivity index (χ4n) is 3.52. The van der Waals surface area contributed by atoms with Gasteiger partial charge in [-0.2, -0.15) is 0 Å². The van der Waals surface area contributed by atoms with Crippen molar-refractivity contribution in [3.63, 3.8) is 0 Å². The minimum absolute atomic E-state index is 0.00712. The standard InChI is InChI=1S/C26H28ClNO4S/c1-18-8-14-25(21(4)16-18)32-15-5-6-26(29)28(24-17-19(2)7-9-20(24)3)33(30,31)23-12-10-22(27)11-13-23/h7-14,16-17H,5-6,15H2,1-4H3. The fourth-order valence-corrected chi connectivity index (χ4v) is 5.15. The zero-order valence-corrected chi connectivity index (χ0v) is 20.8. The zero-order valence-electron chi connectivity index (χ0n) is 19.3. The molecule has 1 amide bonds. The lowest BCUT2D eigenvalue weighted by molar-refractivity contribution is -0.117. The van der Waals surface area contributed by atoms with Crippen molar-refractivity contribution in [2.75, 3.05) is 10.9 Å². The van der Waals surface area contributed by atoms with Gasteiger partial charge in [0.15, 0.2) is 0 Å². The number of nitrogens with zero attached hydrogens (tertiary/aromatic N) is 1. The van der Waals surface area contributed by atoms with Gasteiger partial charge >= 0.3 is 0 Å². The molecule has 0 saturated heterocycles. The molecular weight excluding hydrogens is 458 g/mol. The van der Waals surface area contributed by atoms with Crippen molar-refractivity contribution in [3.05, 3.63) is 87.9 Å². The first-order chi connectivity index (χ1) is 15.6. The van der Waals surface area contributed by atoms with E-state index in [4.69, 9.17) is 16.3 Å². The molecule has 7 heteroatoms. The van der Waals surface area contributed by atoms with Gasteiger partial charge < -0.3 is 4.74 Å². The first kappa shape index (κ1) is 24.8. The first-order valence-electron chi connectivity index (χ1n) is 10.7. The molecule has 0 saturated carbocycles. The highest BCUT2D eigenvalue weighted by Crippen LogP contribution is 2.29. The third-order valence-electron chi connectivity index (χ3n) is 5.28. The number of benzene rings is 3. The molecule has 0 aliphatic carbocycles. The van der Waals surface area contributed by atoms with Gasteiger partial charge in [-0.15, -0.1) is 0 Å². The van der Waals surface area contributed by atoms with Crippen LogP contribution in [-0.2, 0) is 14.8 Å². The van der Waals surface area contributed by atoms with Crippen molar-refractivity contribution < 1.29 is 17.9 Å². The molecule has 0 spiro atoms. The van der Waals surface area contributed by atoms with E-state index in [1.165, 1.54) is 24.3 Å². The van der Waals surface area contributed by atoms with Crippen molar-refractivity contribution in [1.82, 2.24) is 0 Å². The Morgan fingerprint density at radius 1 is 0.879 bits per heavy atom. The number of halogens is 1. The second kappa shape index (κ2) is 10.4. The van der Waals surface area contributed by atoms with Crippen LogP contribution in [0.2, 0.25) is 5.02 Å². The molecule has 33 heavy (non-hydrogen) atoms. The van der Waals surface area contributed by atoms with Gasteiger partial charge in [-0.1, -0.05) is 41.4 Å². The molecule has 0 fully saturated rings. The number of ether oxygens (including phenoxy) is 1. The van der Waals surface area contributed by atoms with Crippen LogP contribution in [0.5, 0.6) is 5.75 Å². The van der Waals surface area contributed by atoms with E-state index >= 15 is 0 Å². The monoisotopic (exact) mass is 485 g/mol. The van der Waals surface area contributed by atoms with Crippen LogP contribution in [-0.4, -0.2) is 20.9 Å². The van der Waals surface area contributed by atoms with E-state index < -0.39 is 15.9 Å². The van der Waals surface area contributed by atoms with E-state index in [1.807, 2.05) is 51.1 Å². The van der Waals surface area contributed by atoms with E-state index in [0.29, 0.717) is 29.3 Å². The van der Waals surface area contributed by atoms with Crippen LogP contribution in [0.1, 0.15) is 35.1 Å². The fraction of sp³-hybridized carbons (Fsp3) is 0.269. The third-order valence-corrected chi connectivity index (χ3v) is 7.29. The van der Waals surface area contributed by atoms with Crippen molar-refractivity contribution in [2.45, 2.75) is 45.4 Å². The number of anilines is 1. The van der Waals surface area contributed by atoms with Gasteiger partial charge in [-0.05, 0) is 87.2 Å². The summed E-state index contributed by atoms with van der Waals surface area (Å²) in [5.74, 6) is 0.246. The number of sulfonamides is 1. The summed E-state index contributed by atoms with van der Waals surface area (Å²) in [4.78, 5) is 13.3. The Kier molecular flexibility index (Phi) is 7.82. The maximum atomic E-state index is 13.5. The summed E-state index contributed by atoms with van der Waals surface area (Å²) in [7, 11) is -4.13. The number of carbonyl (C=O) groups excluding carboxylic acids is 1. The number of carbonyl (C=O) groups is 1. The second-order valence-electron chi connectivity index (χ2n) is 8.13. The summed E-state index contributed by atoms with van der Waals surface area (Å²) < 4.78 is 33.8. The average Bonchev–Trinajstić information content (AvgIpc) is 2.75. The number of amides is 1.